The number of hydrogen-bond acceptors (Lipinski definition) is 0. The minimum absolute atomic E-state index is 0.0837. The van der Waals surface area contributed by atoms with Crippen LogP contribution in [0, 0.1) is 48.7 Å². The summed E-state index contributed by atoms with van der Waals surface area (Å²) in [5.41, 5.74) is 8.60. The van der Waals surface area contributed by atoms with Crippen LogP contribution < -0.4 is 21.2 Å². The summed E-state index contributed by atoms with van der Waals surface area (Å²) in [6, 6.07) is 9.28. The summed E-state index contributed by atoms with van der Waals surface area (Å²) in [6.45, 7) is 13.4. The van der Waals surface area contributed by atoms with E-state index in [0.717, 1.165) is 0 Å². The highest BCUT2D eigenvalue weighted by Crippen LogP contribution is 2.10. The number of benzene rings is 2. The van der Waals surface area contributed by atoms with Crippen molar-refractivity contribution < 1.29 is 21.2 Å². The summed E-state index contributed by atoms with van der Waals surface area (Å²) in [5, 5.41) is 0. The summed E-state index contributed by atoms with van der Waals surface area (Å²) in [6.07, 6.45) is 0. The van der Waals surface area contributed by atoms with Gasteiger partial charge in [0.05, 0.1) is 0 Å². The first-order valence-electron chi connectivity index (χ1n) is 6.69. The first kappa shape index (κ1) is 14.6. The Kier molecular flexibility index (Phi) is 4.34. The molecule has 0 aliphatic heterocycles. The molecule has 0 radical (unpaired) electrons. The SMILES string of the molecule is Cc1cc(C)c([I+]c2c(C)cc(C)cc2C)c(C)c1. The van der Waals surface area contributed by atoms with Gasteiger partial charge in [-0.2, -0.15) is 0 Å². The van der Waals surface area contributed by atoms with Crippen molar-refractivity contribution in [3.05, 3.63) is 64.8 Å². The Hall–Kier alpha value is -0.830. The van der Waals surface area contributed by atoms with Gasteiger partial charge in [-0.15, -0.1) is 0 Å². The molecule has 0 unspecified atom stereocenters. The van der Waals surface area contributed by atoms with Crippen molar-refractivity contribution >= 4 is 0 Å². The lowest BCUT2D eigenvalue weighted by Crippen LogP contribution is -3.62. The summed E-state index contributed by atoms with van der Waals surface area (Å²) in [4.78, 5) is 0. The van der Waals surface area contributed by atoms with Gasteiger partial charge in [0.1, 0.15) is 0 Å². The van der Waals surface area contributed by atoms with E-state index >= 15 is 0 Å². The van der Waals surface area contributed by atoms with E-state index in [2.05, 4.69) is 65.8 Å². The Morgan fingerprint density at radius 2 is 0.789 bits per heavy atom. The van der Waals surface area contributed by atoms with Crippen molar-refractivity contribution in [2.75, 3.05) is 0 Å². The second kappa shape index (κ2) is 5.66. The van der Waals surface area contributed by atoms with Gasteiger partial charge in [-0.05, 0) is 41.5 Å². The molecule has 0 spiro atoms. The summed E-state index contributed by atoms with van der Waals surface area (Å²) in [5.74, 6) is 0. The minimum Gasteiger partial charge on any atom is -0.0518 e. The summed E-state index contributed by atoms with van der Waals surface area (Å²) >= 11 is -0.0837. The number of halogens is 1. The zero-order chi connectivity index (χ0) is 14.2. The van der Waals surface area contributed by atoms with E-state index in [0.29, 0.717) is 0 Å². The average molecular weight is 365 g/mol. The van der Waals surface area contributed by atoms with Crippen LogP contribution in [0.2, 0.25) is 0 Å². The Balaban J connectivity index is 2.48. The third kappa shape index (κ3) is 3.19. The van der Waals surface area contributed by atoms with Crippen LogP contribution in [0.15, 0.2) is 24.3 Å². The maximum Gasteiger partial charge on any atom is 0.359 e. The fourth-order valence-corrected chi connectivity index (χ4v) is 5.58. The molecule has 0 N–H and O–H groups in total. The molecule has 100 valence electrons. The first-order valence-corrected chi connectivity index (χ1v) is 8.84. The van der Waals surface area contributed by atoms with Gasteiger partial charge in [-0.25, -0.2) is 0 Å². The highest BCUT2D eigenvalue weighted by molar-refractivity contribution is 5.29. The molecule has 19 heavy (non-hydrogen) atoms. The fraction of sp³-hybridized carbons (Fsp3) is 0.333. The largest absolute Gasteiger partial charge is 0.359 e. The molecular weight excluding hydrogens is 343 g/mol. The van der Waals surface area contributed by atoms with Crippen molar-refractivity contribution in [3.8, 4) is 0 Å². The standard InChI is InChI=1S/C18H22I/c1-11-7-13(3)17(14(4)8-11)19-18-15(5)9-12(2)10-16(18)6/h7-10H,1-6H3/q+1. The average Bonchev–Trinajstić information content (AvgIpc) is 2.25. The normalized spacial score (nSPS) is 10.8. The number of aryl methyl sites for hydroxylation is 6. The highest BCUT2D eigenvalue weighted by Gasteiger charge is 2.25. The highest BCUT2D eigenvalue weighted by atomic mass is 127. The quantitative estimate of drug-likeness (QED) is 0.711. The van der Waals surface area contributed by atoms with Crippen LogP contribution in [0.4, 0.5) is 0 Å². The lowest BCUT2D eigenvalue weighted by molar-refractivity contribution is -0.600. The maximum atomic E-state index is 2.32. The van der Waals surface area contributed by atoms with Crippen LogP contribution in [0.25, 0.3) is 0 Å². The molecule has 0 aromatic heterocycles. The molecule has 0 aliphatic rings. The van der Waals surface area contributed by atoms with Gasteiger partial charge in [0.2, 0.25) is 0 Å². The number of rotatable bonds is 2. The molecule has 0 bridgehead atoms. The molecule has 0 heterocycles. The summed E-state index contributed by atoms with van der Waals surface area (Å²) < 4.78 is 3.19. The Morgan fingerprint density at radius 1 is 0.526 bits per heavy atom. The molecule has 2 rings (SSSR count). The van der Waals surface area contributed by atoms with Gasteiger partial charge in [0.15, 0.2) is 7.14 Å². The lowest BCUT2D eigenvalue weighted by Gasteiger charge is -2.04. The van der Waals surface area contributed by atoms with Gasteiger partial charge in [-0.1, -0.05) is 35.4 Å². The molecule has 1 heteroatoms. The maximum absolute atomic E-state index is 2.32. The third-order valence-corrected chi connectivity index (χ3v) is 7.83. The van der Waals surface area contributed by atoms with Crippen LogP contribution in [0.3, 0.4) is 0 Å². The predicted molar refractivity (Wildman–Crippen MR) is 78.7 cm³/mol. The van der Waals surface area contributed by atoms with Crippen LogP contribution in [0.1, 0.15) is 33.4 Å². The molecule has 0 saturated carbocycles. The molecule has 0 aliphatic carbocycles. The molecule has 2 aromatic carbocycles. The van der Waals surface area contributed by atoms with E-state index in [9.17, 15) is 0 Å². The smallest absolute Gasteiger partial charge is 0.0518 e. The zero-order valence-corrected chi connectivity index (χ0v) is 14.8. The second-order valence-electron chi connectivity index (χ2n) is 5.52. The van der Waals surface area contributed by atoms with E-state index < -0.39 is 0 Å². The van der Waals surface area contributed by atoms with E-state index in [-0.39, 0.29) is 21.2 Å². The van der Waals surface area contributed by atoms with Crippen LogP contribution in [0.5, 0.6) is 0 Å². The van der Waals surface area contributed by atoms with Crippen LogP contribution in [-0.4, -0.2) is 0 Å². The molecular formula is C18H22I+. The molecule has 0 fully saturated rings. The van der Waals surface area contributed by atoms with Gasteiger partial charge >= 0.3 is 21.2 Å². The summed E-state index contributed by atoms with van der Waals surface area (Å²) in [7, 11) is 0. The third-order valence-electron chi connectivity index (χ3n) is 3.35. The topological polar surface area (TPSA) is 0 Å². The van der Waals surface area contributed by atoms with Crippen molar-refractivity contribution in [2.45, 2.75) is 41.5 Å². The second-order valence-corrected chi connectivity index (χ2v) is 8.22. The fourth-order valence-electron chi connectivity index (χ4n) is 2.72. The Bertz CT molecular complexity index is 522. The molecule has 0 atom stereocenters. The van der Waals surface area contributed by atoms with Gasteiger partial charge < -0.3 is 0 Å². The van der Waals surface area contributed by atoms with Crippen molar-refractivity contribution in [1.82, 2.24) is 0 Å². The minimum atomic E-state index is -0.0837. The van der Waals surface area contributed by atoms with Gasteiger partial charge in [0.25, 0.3) is 0 Å². The number of hydrogen-bond donors (Lipinski definition) is 0. The molecule has 0 saturated heterocycles. The van der Waals surface area contributed by atoms with Gasteiger partial charge in [0, 0.05) is 22.3 Å². The predicted octanol–water partition coefficient (Wildman–Crippen LogP) is 1.67. The van der Waals surface area contributed by atoms with Crippen LogP contribution in [-0.2, 0) is 0 Å². The molecule has 0 amide bonds. The van der Waals surface area contributed by atoms with E-state index in [1.54, 1.807) is 7.14 Å². The molecule has 0 nitrogen and oxygen atoms in total. The zero-order valence-electron chi connectivity index (χ0n) is 12.7. The van der Waals surface area contributed by atoms with E-state index in [1.165, 1.54) is 33.4 Å². The monoisotopic (exact) mass is 365 g/mol. The Labute approximate surface area is 127 Å². The van der Waals surface area contributed by atoms with Crippen molar-refractivity contribution in [1.29, 1.82) is 0 Å². The Morgan fingerprint density at radius 3 is 1.05 bits per heavy atom. The van der Waals surface area contributed by atoms with Crippen molar-refractivity contribution in [2.24, 2.45) is 0 Å². The van der Waals surface area contributed by atoms with Crippen molar-refractivity contribution in [3.63, 3.8) is 0 Å². The first-order chi connectivity index (χ1) is 8.88. The molecule has 2 aromatic rings. The lowest BCUT2D eigenvalue weighted by atomic mass is 10.1. The van der Waals surface area contributed by atoms with Gasteiger partial charge in [-0.3, -0.25) is 0 Å². The van der Waals surface area contributed by atoms with Crippen LogP contribution >= 0.6 is 0 Å². The van der Waals surface area contributed by atoms with E-state index in [4.69, 9.17) is 0 Å². The van der Waals surface area contributed by atoms with E-state index in [1.807, 2.05) is 0 Å².